The number of aromatic nitrogens is 2. The van der Waals surface area contributed by atoms with Gasteiger partial charge in [0, 0.05) is 0 Å². The van der Waals surface area contributed by atoms with Gasteiger partial charge in [0.2, 0.25) is 0 Å². The van der Waals surface area contributed by atoms with Crippen LogP contribution >= 0.6 is 11.5 Å². The molecule has 2 rings (SSSR count). The Labute approximate surface area is 61.4 Å². The van der Waals surface area contributed by atoms with Crippen LogP contribution in [0.25, 0.3) is 0 Å². The Balaban J connectivity index is 2.36. The second-order valence-electron chi connectivity index (χ2n) is 1.70. The number of allylic oxidation sites excluding steroid dienone is 1. The van der Waals surface area contributed by atoms with Gasteiger partial charge in [-0.3, -0.25) is 0 Å². The molecule has 1 aromatic heterocycles. The molecule has 0 fully saturated rings. The summed E-state index contributed by atoms with van der Waals surface area (Å²) in [5.41, 5.74) is 4.52. The topological polar surface area (TPSA) is 52.2 Å². The molecule has 0 bridgehead atoms. The average Bonchev–Trinajstić information content (AvgIpc) is 2.59. The summed E-state index contributed by atoms with van der Waals surface area (Å²) in [6.07, 6.45) is 5.15. The van der Waals surface area contributed by atoms with Gasteiger partial charge in [-0.1, -0.05) is 4.49 Å². The lowest BCUT2D eigenvalue weighted by Gasteiger charge is -1.83. The van der Waals surface area contributed by atoms with E-state index >= 15 is 0 Å². The van der Waals surface area contributed by atoms with Gasteiger partial charge in [0.15, 0.2) is 0 Å². The van der Waals surface area contributed by atoms with Crippen molar-refractivity contribution in [1.29, 1.82) is 0 Å². The van der Waals surface area contributed by atoms with Gasteiger partial charge in [0.1, 0.15) is 5.71 Å². The molecule has 0 saturated heterocycles. The van der Waals surface area contributed by atoms with E-state index in [2.05, 4.69) is 20.1 Å². The highest BCUT2D eigenvalue weighted by atomic mass is 32.1. The fourth-order valence-electron chi connectivity index (χ4n) is 0.644. The van der Waals surface area contributed by atoms with Crippen molar-refractivity contribution in [3.8, 4) is 0 Å². The maximum atomic E-state index is 3.84. The van der Waals surface area contributed by atoms with E-state index in [1.165, 1.54) is 11.5 Å². The zero-order valence-electron chi connectivity index (χ0n) is 4.93. The fourth-order valence-corrected chi connectivity index (χ4v) is 1.12. The van der Waals surface area contributed by atoms with Gasteiger partial charge >= 0.3 is 0 Å². The van der Waals surface area contributed by atoms with Gasteiger partial charge in [0.25, 0.3) is 0 Å². The Morgan fingerprint density at radius 1 is 1.40 bits per heavy atom. The van der Waals surface area contributed by atoms with Crippen LogP contribution in [0.15, 0.2) is 23.6 Å². The second kappa shape index (κ2) is 2.18. The molecule has 1 aliphatic heterocycles. The standard InChI is InChI=1S/C5H3N4S/c1-2-6-8-4(1)5-3-7-9-10-5/h1-3H. The highest BCUT2D eigenvalue weighted by Gasteiger charge is 2.05. The van der Waals surface area contributed by atoms with Crippen molar-refractivity contribution in [3.63, 3.8) is 0 Å². The number of hydrogen-bond acceptors (Lipinski definition) is 4. The zero-order valence-corrected chi connectivity index (χ0v) is 5.75. The van der Waals surface area contributed by atoms with Gasteiger partial charge in [-0.15, -0.1) is 10.2 Å². The predicted molar refractivity (Wildman–Crippen MR) is 37.7 cm³/mol. The van der Waals surface area contributed by atoms with Gasteiger partial charge in [-0.2, -0.15) is 5.43 Å². The SMILES string of the molecule is C1=CC(c2cnns2)=N[N]1. The molecule has 0 N–H and O–H groups in total. The first-order chi connectivity index (χ1) is 4.97. The summed E-state index contributed by atoms with van der Waals surface area (Å²) in [5, 5.41) is 7.52. The second-order valence-corrected chi connectivity index (χ2v) is 2.48. The smallest absolute Gasteiger partial charge is 0.108 e. The largest absolute Gasteiger partial charge is 0.158 e. The molecule has 5 heteroatoms. The summed E-state index contributed by atoms with van der Waals surface area (Å²) in [7, 11) is 0. The molecule has 0 atom stereocenters. The van der Waals surface area contributed by atoms with Gasteiger partial charge in [-0.05, 0) is 17.6 Å². The molecule has 49 valence electrons. The number of hydrogen-bond donors (Lipinski definition) is 0. The Kier molecular flexibility index (Phi) is 1.21. The van der Waals surface area contributed by atoms with E-state index in [4.69, 9.17) is 0 Å². The van der Waals surface area contributed by atoms with Gasteiger partial charge in [0.05, 0.1) is 17.3 Å². The molecule has 0 unspecified atom stereocenters. The van der Waals surface area contributed by atoms with Crippen molar-refractivity contribution >= 4 is 17.2 Å². The summed E-state index contributed by atoms with van der Waals surface area (Å²) in [6.45, 7) is 0. The van der Waals surface area contributed by atoms with Gasteiger partial charge in [-0.25, -0.2) is 0 Å². The van der Waals surface area contributed by atoms with Crippen LogP contribution in [0.4, 0.5) is 0 Å². The van der Waals surface area contributed by atoms with E-state index in [1.807, 2.05) is 6.08 Å². The molecule has 1 aromatic rings. The van der Waals surface area contributed by atoms with Crippen LogP contribution in [-0.4, -0.2) is 15.3 Å². The van der Waals surface area contributed by atoms with Crippen molar-refractivity contribution in [2.45, 2.75) is 0 Å². The maximum absolute atomic E-state index is 3.84. The molecule has 1 radical (unpaired) electrons. The van der Waals surface area contributed by atoms with Crippen LogP contribution in [0.2, 0.25) is 0 Å². The molecular weight excluding hydrogens is 148 g/mol. The predicted octanol–water partition coefficient (Wildman–Crippen LogP) is 0.374. The third-order valence-corrected chi connectivity index (χ3v) is 1.77. The Morgan fingerprint density at radius 3 is 3.00 bits per heavy atom. The van der Waals surface area contributed by atoms with Crippen LogP contribution in [0, 0.1) is 0 Å². The average molecular weight is 151 g/mol. The minimum atomic E-state index is 0.843. The summed E-state index contributed by atoms with van der Waals surface area (Å²) in [6, 6.07) is 0. The van der Waals surface area contributed by atoms with Crippen LogP contribution in [0.1, 0.15) is 4.88 Å². The Hall–Kier alpha value is -1.23. The summed E-state index contributed by atoms with van der Waals surface area (Å²) in [5.74, 6) is 0. The van der Waals surface area contributed by atoms with Crippen molar-refractivity contribution in [2.24, 2.45) is 5.10 Å². The molecule has 4 nitrogen and oxygen atoms in total. The minimum absolute atomic E-state index is 0.843. The lowest BCUT2D eigenvalue weighted by molar-refractivity contribution is 0.972. The van der Waals surface area contributed by atoms with Crippen molar-refractivity contribution in [1.82, 2.24) is 15.0 Å². The molecule has 0 amide bonds. The molecule has 1 aliphatic rings. The lowest BCUT2D eigenvalue weighted by Crippen LogP contribution is -1.88. The highest BCUT2D eigenvalue weighted by molar-refractivity contribution is 7.08. The minimum Gasteiger partial charge on any atom is -0.158 e. The molecule has 0 spiro atoms. The Bertz CT molecular complexity index is 274. The highest BCUT2D eigenvalue weighted by Crippen LogP contribution is 2.07. The summed E-state index contributed by atoms with van der Waals surface area (Å²) >= 11 is 1.32. The van der Waals surface area contributed by atoms with Crippen LogP contribution in [0.3, 0.4) is 0 Å². The third kappa shape index (κ3) is 0.801. The maximum Gasteiger partial charge on any atom is 0.108 e. The van der Waals surface area contributed by atoms with Crippen LogP contribution in [0.5, 0.6) is 0 Å². The first-order valence-corrected chi connectivity index (χ1v) is 3.46. The lowest BCUT2D eigenvalue weighted by atomic mass is 10.3. The molecule has 0 aromatic carbocycles. The van der Waals surface area contributed by atoms with Gasteiger partial charge < -0.3 is 0 Å². The van der Waals surface area contributed by atoms with E-state index in [0.29, 0.717) is 0 Å². The van der Waals surface area contributed by atoms with Crippen LogP contribution in [-0.2, 0) is 0 Å². The first kappa shape index (κ1) is 5.55. The summed E-state index contributed by atoms with van der Waals surface area (Å²) in [4.78, 5) is 0.956. The van der Waals surface area contributed by atoms with Crippen molar-refractivity contribution < 1.29 is 0 Å². The van der Waals surface area contributed by atoms with Crippen molar-refractivity contribution in [2.75, 3.05) is 0 Å². The number of rotatable bonds is 1. The van der Waals surface area contributed by atoms with E-state index in [-0.39, 0.29) is 0 Å². The fraction of sp³-hybridized carbons (Fsp3) is 0. The van der Waals surface area contributed by atoms with E-state index < -0.39 is 0 Å². The first-order valence-electron chi connectivity index (χ1n) is 2.69. The van der Waals surface area contributed by atoms with Crippen LogP contribution < -0.4 is 5.43 Å². The quantitative estimate of drug-likeness (QED) is 0.582. The summed E-state index contributed by atoms with van der Waals surface area (Å²) < 4.78 is 3.70. The van der Waals surface area contributed by atoms with Crippen molar-refractivity contribution in [3.05, 3.63) is 23.3 Å². The molecule has 2 heterocycles. The third-order valence-electron chi connectivity index (χ3n) is 1.08. The van der Waals surface area contributed by atoms with E-state index in [0.717, 1.165) is 10.6 Å². The Morgan fingerprint density at radius 2 is 2.40 bits per heavy atom. The molecule has 10 heavy (non-hydrogen) atoms. The monoisotopic (exact) mass is 151 g/mol. The van der Waals surface area contributed by atoms with E-state index in [9.17, 15) is 0 Å². The molecule has 0 saturated carbocycles. The van der Waals surface area contributed by atoms with E-state index in [1.54, 1.807) is 12.4 Å². The zero-order chi connectivity index (χ0) is 6.81. The number of nitrogens with zero attached hydrogens (tertiary/aromatic N) is 4. The molecular formula is C5H3N4S. The molecule has 0 aliphatic carbocycles. The normalized spacial score (nSPS) is 15.0.